The van der Waals surface area contributed by atoms with Crippen molar-refractivity contribution in [1.82, 2.24) is 14.9 Å². The summed E-state index contributed by atoms with van der Waals surface area (Å²) >= 11 is 0. The van der Waals surface area contributed by atoms with E-state index in [1.165, 1.54) is 0 Å². The number of methoxy groups -OCH3 is 1. The molecule has 1 atom stereocenters. The first-order valence-electron chi connectivity index (χ1n) is 9.99. The lowest BCUT2D eigenvalue weighted by atomic mass is 10.1. The smallest absolute Gasteiger partial charge is 0.274 e. The Kier molecular flexibility index (Phi) is 8.12. The third-order valence-corrected chi connectivity index (χ3v) is 10.3. The molecule has 1 aliphatic rings. The quantitative estimate of drug-likeness (QED) is 0.615. The fourth-order valence-electron chi connectivity index (χ4n) is 2.89. The second kappa shape index (κ2) is 9.91. The first kappa shape index (κ1) is 22.9. The highest BCUT2D eigenvalue weighted by molar-refractivity contribution is 6.74. The number of hydrogen-bond acceptors (Lipinski definition) is 6. The Morgan fingerprint density at radius 1 is 1.29 bits per heavy atom. The second-order valence-corrected chi connectivity index (χ2v) is 13.5. The van der Waals surface area contributed by atoms with Crippen LogP contribution < -0.4 is 0 Å². The van der Waals surface area contributed by atoms with Gasteiger partial charge >= 0.3 is 0 Å². The molecule has 1 saturated heterocycles. The highest BCUT2D eigenvalue weighted by Gasteiger charge is 2.37. The summed E-state index contributed by atoms with van der Waals surface area (Å²) < 4.78 is 17.1. The molecule has 158 valence electrons. The van der Waals surface area contributed by atoms with Gasteiger partial charge in [0, 0.05) is 39.1 Å². The standard InChI is InChI=1S/C20H35N3O4Si/c1-20(2,3)28(5,6)27-13-7-16-15-26-14-11-23(16)19(24)18-17(8-12-25-4)21-9-10-22-18/h9-10,16H,7-8,11-15H2,1-6H3/t16-/m1/s1. The van der Waals surface area contributed by atoms with Crippen LogP contribution in [0.2, 0.25) is 18.1 Å². The van der Waals surface area contributed by atoms with E-state index in [-0.39, 0.29) is 17.0 Å². The van der Waals surface area contributed by atoms with E-state index in [0.29, 0.717) is 50.8 Å². The maximum absolute atomic E-state index is 13.2. The average Bonchev–Trinajstić information content (AvgIpc) is 2.65. The molecule has 0 N–H and O–H groups in total. The molecular formula is C20H35N3O4Si. The third-order valence-electron chi connectivity index (χ3n) is 5.73. The predicted octanol–water partition coefficient (Wildman–Crippen LogP) is 2.92. The van der Waals surface area contributed by atoms with Gasteiger partial charge in [0.05, 0.1) is 31.6 Å². The molecule has 0 bridgehead atoms. The zero-order chi connectivity index (χ0) is 20.8. The molecule has 8 heteroatoms. The van der Waals surface area contributed by atoms with Gasteiger partial charge in [-0.15, -0.1) is 0 Å². The van der Waals surface area contributed by atoms with Crippen LogP contribution in [0.1, 0.15) is 43.4 Å². The fraction of sp³-hybridized carbons (Fsp3) is 0.750. The van der Waals surface area contributed by atoms with Gasteiger partial charge in [-0.3, -0.25) is 9.78 Å². The van der Waals surface area contributed by atoms with Gasteiger partial charge in [0.25, 0.3) is 5.91 Å². The van der Waals surface area contributed by atoms with Crippen LogP contribution in [0.3, 0.4) is 0 Å². The lowest BCUT2D eigenvalue weighted by Gasteiger charge is -2.39. The molecule has 1 fully saturated rings. The molecule has 1 amide bonds. The van der Waals surface area contributed by atoms with Crippen molar-refractivity contribution in [3.63, 3.8) is 0 Å². The summed E-state index contributed by atoms with van der Waals surface area (Å²) in [6.07, 6.45) is 4.51. The Labute approximate surface area is 169 Å². The summed E-state index contributed by atoms with van der Waals surface area (Å²) in [5.74, 6) is -0.0835. The van der Waals surface area contributed by atoms with Crippen LogP contribution in [0, 0.1) is 0 Å². The van der Waals surface area contributed by atoms with Crippen LogP contribution in [0.15, 0.2) is 12.4 Å². The average molecular weight is 410 g/mol. The molecule has 1 aromatic rings. The van der Waals surface area contributed by atoms with Crippen molar-refractivity contribution >= 4 is 14.2 Å². The number of carbonyl (C=O) groups is 1. The summed E-state index contributed by atoms with van der Waals surface area (Å²) in [5, 5.41) is 0.168. The van der Waals surface area contributed by atoms with Gasteiger partial charge in [0.1, 0.15) is 5.69 Å². The van der Waals surface area contributed by atoms with E-state index in [1.807, 2.05) is 4.90 Å². The van der Waals surface area contributed by atoms with E-state index < -0.39 is 8.32 Å². The van der Waals surface area contributed by atoms with Crippen LogP contribution in [-0.4, -0.2) is 75.2 Å². The van der Waals surface area contributed by atoms with Crippen LogP contribution in [0.25, 0.3) is 0 Å². The highest BCUT2D eigenvalue weighted by Crippen LogP contribution is 2.36. The molecule has 0 saturated carbocycles. The molecule has 0 aliphatic carbocycles. The first-order valence-corrected chi connectivity index (χ1v) is 12.9. The van der Waals surface area contributed by atoms with Crippen LogP contribution in [0.4, 0.5) is 0 Å². The van der Waals surface area contributed by atoms with Crippen molar-refractivity contribution in [3.05, 3.63) is 23.8 Å². The Bertz CT molecular complexity index is 649. The maximum atomic E-state index is 13.2. The summed E-state index contributed by atoms with van der Waals surface area (Å²) in [6.45, 7) is 13.9. The zero-order valence-electron chi connectivity index (χ0n) is 18.2. The number of hydrogen-bond donors (Lipinski definition) is 0. The fourth-order valence-corrected chi connectivity index (χ4v) is 3.95. The van der Waals surface area contributed by atoms with Crippen LogP contribution in [0.5, 0.6) is 0 Å². The number of morpholine rings is 1. The molecular weight excluding hydrogens is 374 g/mol. The highest BCUT2D eigenvalue weighted by atomic mass is 28.4. The van der Waals surface area contributed by atoms with E-state index in [4.69, 9.17) is 13.9 Å². The van der Waals surface area contributed by atoms with Gasteiger partial charge in [-0.1, -0.05) is 20.8 Å². The molecule has 1 aromatic heterocycles. The lowest BCUT2D eigenvalue weighted by molar-refractivity contribution is -0.00824. The molecule has 0 aromatic carbocycles. The second-order valence-electron chi connectivity index (χ2n) is 8.72. The molecule has 0 unspecified atom stereocenters. The minimum atomic E-state index is -1.81. The molecule has 1 aliphatic heterocycles. The van der Waals surface area contributed by atoms with E-state index in [2.05, 4.69) is 43.8 Å². The van der Waals surface area contributed by atoms with Crippen LogP contribution in [-0.2, 0) is 20.3 Å². The summed E-state index contributed by atoms with van der Waals surface area (Å²) in [4.78, 5) is 23.7. The van der Waals surface area contributed by atoms with E-state index in [1.54, 1.807) is 19.5 Å². The van der Waals surface area contributed by atoms with Gasteiger partial charge in [0.2, 0.25) is 0 Å². The van der Waals surface area contributed by atoms with Gasteiger partial charge in [0.15, 0.2) is 8.32 Å². The molecule has 7 nitrogen and oxygen atoms in total. The Hall–Kier alpha value is -1.35. The third kappa shape index (κ3) is 5.82. The Morgan fingerprint density at radius 3 is 2.68 bits per heavy atom. The number of carbonyl (C=O) groups excluding carboxylic acids is 1. The van der Waals surface area contributed by atoms with Crippen molar-refractivity contribution in [3.8, 4) is 0 Å². The molecule has 0 spiro atoms. The number of nitrogens with zero attached hydrogens (tertiary/aromatic N) is 3. The number of ether oxygens (including phenoxy) is 2. The van der Waals surface area contributed by atoms with Crippen molar-refractivity contribution in [2.75, 3.05) is 40.1 Å². The Balaban J connectivity index is 2.06. The molecule has 0 radical (unpaired) electrons. The minimum Gasteiger partial charge on any atom is -0.417 e. The lowest BCUT2D eigenvalue weighted by Crippen LogP contribution is -2.50. The van der Waals surface area contributed by atoms with Gasteiger partial charge in [-0.25, -0.2) is 4.98 Å². The van der Waals surface area contributed by atoms with Gasteiger partial charge < -0.3 is 18.8 Å². The van der Waals surface area contributed by atoms with Crippen LogP contribution >= 0.6 is 0 Å². The van der Waals surface area contributed by atoms with Crippen molar-refractivity contribution in [1.29, 1.82) is 0 Å². The summed E-state index contributed by atoms with van der Waals surface area (Å²) in [7, 11) is -0.170. The van der Waals surface area contributed by atoms with Gasteiger partial charge in [-0.2, -0.15) is 0 Å². The van der Waals surface area contributed by atoms with E-state index >= 15 is 0 Å². The first-order chi connectivity index (χ1) is 13.2. The van der Waals surface area contributed by atoms with Gasteiger partial charge in [-0.05, 0) is 24.6 Å². The van der Waals surface area contributed by atoms with Crippen molar-refractivity contribution in [2.45, 2.75) is 57.8 Å². The number of rotatable bonds is 8. The molecule has 2 heterocycles. The summed E-state index contributed by atoms with van der Waals surface area (Å²) in [6, 6.07) is -0.0108. The predicted molar refractivity (Wildman–Crippen MR) is 111 cm³/mol. The van der Waals surface area contributed by atoms with Crippen molar-refractivity contribution in [2.24, 2.45) is 0 Å². The Morgan fingerprint density at radius 2 is 2.00 bits per heavy atom. The number of amides is 1. The van der Waals surface area contributed by atoms with E-state index in [0.717, 1.165) is 6.42 Å². The normalized spacial score (nSPS) is 18.4. The zero-order valence-corrected chi connectivity index (χ0v) is 19.2. The molecule has 28 heavy (non-hydrogen) atoms. The number of aromatic nitrogens is 2. The van der Waals surface area contributed by atoms with Crippen molar-refractivity contribution < 1.29 is 18.7 Å². The SMILES string of the molecule is COCCc1nccnc1C(=O)N1CCOC[C@H]1CCO[Si](C)(C)C(C)(C)C. The topological polar surface area (TPSA) is 73.8 Å². The van der Waals surface area contributed by atoms with E-state index in [9.17, 15) is 4.79 Å². The monoisotopic (exact) mass is 409 g/mol. The summed E-state index contributed by atoms with van der Waals surface area (Å²) in [5.41, 5.74) is 1.09. The largest absolute Gasteiger partial charge is 0.417 e. The molecule has 2 rings (SSSR count). The minimum absolute atomic E-state index is 0.0108. The maximum Gasteiger partial charge on any atom is 0.274 e.